The zero-order valence-corrected chi connectivity index (χ0v) is 14.9. The fourth-order valence-corrected chi connectivity index (χ4v) is 3.70. The molecular weight excluding hydrogens is 344 g/mol. The van der Waals surface area contributed by atoms with Crippen molar-refractivity contribution in [2.24, 2.45) is 5.92 Å². The smallest absolute Gasteiger partial charge is 0.253 e. The van der Waals surface area contributed by atoms with E-state index < -0.39 is 6.10 Å². The molecule has 2 aliphatic heterocycles. The van der Waals surface area contributed by atoms with E-state index in [0.29, 0.717) is 30.0 Å². The lowest BCUT2D eigenvalue weighted by molar-refractivity contribution is -0.114. The van der Waals surface area contributed by atoms with E-state index in [-0.39, 0.29) is 24.3 Å². The summed E-state index contributed by atoms with van der Waals surface area (Å²) in [5, 5.41) is 16.3. The van der Waals surface area contributed by atoms with E-state index in [1.54, 1.807) is 23.2 Å². The highest BCUT2D eigenvalue weighted by atomic mass is 16.3. The van der Waals surface area contributed by atoms with Gasteiger partial charge in [-0.15, -0.1) is 0 Å². The van der Waals surface area contributed by atoms with Crippen molar-refractivity contribution in [2.45, 2.75) is 18.9 Å². The number of carbonyl (C=O) groups excluding carboxylic acids is 2. The molecule has 27 heavy (non-hydrogen) atoms. The zero-order valence-electron chi connectivity index (χ0n) is 14.9. The summed E-state index contributed by atoms with van der Waals surface area (Å²) < 4.78 is 0. The average molecular weight is 366 g/mol. The lowest BCUT2D eigenvalue weighted by Crippen LogP contribution is -2.40. The molecule has 0 spiro atoms. The number of hydrogen-bond donors (Lipinski definition) is 3. The van der Waals surface area contributed by atoms with Crippen molar-refractivity contribution < 1.29 is 14.7 Å². The fraction of sp³-hybridized carbons (Fsp3) is 0.350. The second kappa shape index (κ2) is 7.36. The fourth-order valence-electron chi connectivity index (χ4n) is 3.70. The highest BCUT2D eigenvalue weighted by Gasteiger charge is 2.29. The van der Waals surface area contributed by atoms with Crippen LogP contribution in [0.5, 0.6) is 0 Å². The molecule has 0 unspecified atom stereocenters. The molecule has 1 saturated heterocycles. The minimum atomic E-state index is -0.603. The molecule has 4 rings (SSSR count). The van der Waals surface area contributed by atoms with Crippen molar-refractivity contribution in [3.05, 3.63) is 53.9 Å². The maximum Gasteiger partial charge on any atom is 0.253 e. The van der Waals surface area contributed by atoms with Gasteiger partial charge in [0.25, 0.3) is 5.91 Å². The van der Waals surface area contributed by atoms with Gasteiger partial charge in [-0.2, -0.15) is 0 Å². The molecule has 0 bridgehead atoms. The monoisotopic (exact) mass is 366 g/mol. The van der Waals surface area contributed by atoms with Crippen LogP contribution in [0.3, 0.4) is 0 Å². The molecule has 1 fully saturated rings. The van der Waals surface area contributed by atoms with E-state index in [1.165, 1.54) is 0 Å². The van der Waals surface area contributed by atoms with Crippen LogP contribution in [0.1, 0.15) is 35.0 Å². The molecule has 7 nitrogen and oxygen atoms in total. The van der Waals surface area contributed by atoms with Crippen LogP contribution in [0, 0.1) is 5.92 Å². The number of benzene rings is 1. The van der Waals surface area contributed by atoms with Gasteiger partial charge in [0.05, 0.1) is 29.7 Å². The van der Waals surface area contributed by atoms with Crippen molar-refractivity contribution in [1.29, 1.82) is 0 Å². The Morgan fingerprint density at radius 3 is 2.74 bits per heavy atom. The number of nitrogens with zero attached hydrogens (tertiary/aromatic N) is 2. The van der Waals surface area contributed by atoms with Crippen LogP contribution in [0.15, 0.2) is 42.6 Å². The summed E-state index contributed by atoms with van der Waals surface area (Å²) in [6.45, 7) is 1.43. The number of anilines is 2. The van der Waals surface area contributed by atoms with Gasteiger partial charge in [0.1, 0.15) is 0 Å². The Bertz CT molecular complexity index is 848. The number of hydrogen-bond acceptors (Lipinski definition) is 5. The minimum absolute atomic E-state index is 0.0524. The van der Waals surface area contributed by atoms with Crippen molar-refractivity contribution in [3.63, 3.8) is 0 Å². The quantitative estimate of drug-likeness (QED) is 0.773. The first-order valence-corrected chi connectivity index (χ1v) is 9.18. The summed E-state index contributed by atoms with van der Waals surface area (Å²) in [7, 11) is 0. The molecule has 0 saturated carbocycles. The first-order chi connectivity index (χ1) is 13.1. The van der Waals surface area contributed by atoms with Crippen molar-refractivity contribution in [1.82, 2.24) is 9.88 Å². The Morgan fingerprint density at radius 2 is 2.00 bits per heavy atom. The Balaban J connectivity index is 1.40. The minimum Gasteiger partial charge on any atom is -0.387 e. The van der Waals surface area contributed by atoms with E-state index in [0.717, 1.165) is 18.5 Å². The second-order valence-corrected chi connectivity index (χ2v) is 6.99. The molecule has 1 aromatic heterocycles. The molecule has 2 aliphatic rings. The topological polar surface area (TPSA) is 94.6 Å². The van der Waals surface area contributed by atoms with E-state index in [1.807, 2.05) is 24.3 Å². The third-order valence-corrected chi connectivity index (χ3v) is 5.24. The van der Waals surface area contributed by atoms with Gasteiger partial charge < -0.3 is 20.6 Å². The second-order valence-electron chi connectivity index (χ2n) is 6.99. The highest BCUT2D eigenvalue weighted by Crippen LogP contribution is 2.31. The largest absolute Gasteiger partial charge is 0.387 e. The summed E-state index contributed by atoms with van der Waals surface area (Å²) in [4.78, 5) is 30.4. The number of aliphatic hydroxyl groups is 1. The predicted octanol–water partition coefficient (Wildman–Crippen LogP) is 2.03. The van der Waals surface area contributed by atoms with Crippen LogP contribution in [-0.2, 0) is 4.79 Å². The maximum absolute atomic E-state index is 12.8. The zero-order chi connectivity index (χ0) is 18.8. The van der Waals surface area contributed by atoms with Crippen LogP contribution in [0.25, 0.3) is 0 Å². The van der Waals surface area contributed by atoms with Gasteiger partial charge in [-0.25, -0.2) is 0 Å². The van der Waals surface area contributed by atoms with Crippen molar-refractivity contribution in [2.75, 3.05) is 30.3 Å². The van der Waals surface area contributed by atoms with E-state index in [9.17, 15) is 14.7 Å². The molecule has 2 aromatic rings. The van der Waals surface area contributed by atoms with Gasteiger partial charge >= 0.3 is 0 Å². The van der Waals surface area contributed by atoms with Crippen LogP contribution in [0.2, 0.25) is 0 Å². The lowest BCUT2D eigenvalue weighted by atomic mass is 9.89. The van der Waals surface area contributed by atoms with E-state index in [4.69, 9.17) is 0 Å². The van der Waals surface area contributed by atoms with Gasteiger partial charge in [0, 0.05) is 24.8 Å². The number of piperidine rings is 1. The third kappa shape index (κ3) is 3.64. The van der Waals surface area contributed by atoms with Crippen LogP contribution >= 0.6 is 0 Å². The number of aliphatic hydroxyl groups excluding tert-OH is 1. The average Bonchev–Trinajstić information content (AvgIpc) is 2.73. The molecule has 2 amide bonds. The molecular formula is C20H22N4O3. The van der Waals surface area contributed by atoms with Gasteiger partial charge in [-0.3, -0.25) is 14.6 Å². The van der Waals surface area contributed by atoms with E-state index >= 15 is 0 Å². The molecule has 7 heteroatoms. The molecule has 0 aliphatic carbocycles. The molecule has 3 heterocycles. The van der Waals surface area contributed by atoms with Gasteiger partial charge in [0.15, 0.2) is 0 Å². The maximum atomic E-state index is 12.8. The van der Waals surface area contributed by atoms with Crippen LogP contribution in [-0.4, -0.2) is 46.4 Å². The highest BCUT2D eigenvalue weighted by molar-refractivity contribution is 6.03. The Labute approximate surface area is 157 Å². The van der Waals surface area contributed by atoms with Gasteiger partial charge in [-0.1, -0.05) is 6.07 Å². The number of fused-ring (bicyclic) bond motifs is 1. The van der Waals surface area contributed by atoms with Crippen LogP contribution < -0.4 is 10.6 Å². The molecule has 1 aromatic carbocycles. The SMILES string of the molecule is O=C1CNc2ccc(C(=O)N3CCC([C@H](O)c4ccccn4)CC3)cc2N1. The third-order valence-electron chi connectivity index (χ3n) is 5.24. The predicted molar refractivity (Wildman–Crippen MR) is 101 cm³/mol. The van der Waals surface area contributed by atoms with Crippen molar-refractivity contribution >= 4 is 23.2 Å². The van der Waals surface area contributed by atoms with E-state index in [2.05, 4.69) is 15.6 Å². The molecule has 1 atom stereocenters. The number of likely N-dealkylation sites (tertiary alicyclic amines) is 1. The summed E-state index contributed by atoms with van der Waals surface area (Å²) >= 11 is 0. The van der Waals surface area contributed by atoms with Gasteiger partial charge in [-0.05, 0) is 49.1 Å². The summed E-state index contributed by atoms with van der Waals surface area (Å²) in [5.41, 5.74) is 2.70. The standard InChI is InChI=1S/C20H22N4O3/c25-18-12-22-15-5-4-14(11-17(15)23-18)20(27)24-9-6-13(7-10-24)19(26)16-3-1-2-8-21-16/h1-5,8,11,13,19,22,26H,6-7,9-10,12H2,(H,23,25)/t19-/m0/s1. The summed E-state index contributed by atoms with van der Waals surface area (Å²) in [5.74, 6) is -0.0733. The number of carbonyl (C=O) groups is 2. The first-order valence-electron chi connectivity index (χ1n) is 9.18. The molecule has 3 N–H and O–H groups in total. The molecule has 140 valence electrons. The number of pyridine rings is 1. The number of aromatic nitrogens is 1. The normalized spacial score (nSPS) is 18.3. The number of nitrogens with one attached hydrogen (secondary N) is 2. The number of amides is 2. The lowest BCUT2D eigenvalue weighted by Gasteiger charge is -2.34. The van der Waals surface area contributed by atoms with Crippen LogP contribution in [0.4, 0.5) is 11.4 Å². The Kier molecular flexibility index (Phi) is 4.77. The first kappa shape index (κ1) is 17.5. The Hall–Kier alpha value is -2.93. The molecule has 0 radical (unpaired) electrons. The summed E-state index contributed by atoms with van der Waals surface area (Å²) in [6.07, 6.45) is 2.54. The summed E-state index contributed by atoms with van der Waals surface area (Å²) in [6, 6.07) is 10.8. The number of rotatable bonds is 3. The Morgan fingerprint density at radius 1 is 1.19 bits per heavy atom. The van der Waals surface area contributed by atoms with Crippen molar-refractivity contribution in [3.8, 4) is 0 Å². The van der Waals surface area contributed by atoms with Gasteiger partial charge in [0.2, 0.25) is 5.91 Å².